The Hall–Kier alpha value is -3.36. The molecular weight excluding hydrogens is 416 g/mol. The highest BCUT2D eigenvalue weighted by Crippen LogP contribution is 2.50. The molecule has 3 atom stereocenters. The van der Waals surface area contributed by atoms with Crippen LogP contribution in [0.25, 0.3) is 11.1 Å². The van der Waals surface area contributed by atoms with Crippen molar-refractivity contribution in [3.8, 4) is 11.1 Å². The fourth-order valence-electron chi connectivity index (χ4n) is 5.03. The molecule has 2 bridgehead atoms. The standard InChI is InChI=1S/C23H25F2N5O2.H2/c1-12-4-17-9-23(8-12,21(27)32-14(3)26)30(17)22(31)29-20-7-18(13(2)5-19(20)25)15-6-16(24)11-28-10-15;/h5-7,10-12,17,26-27H,4,8-9H2,1-3H3,(H,29,31);1H. The maximum atomic E-state index is 14.7. The molecule has 3 N–H and O–H groups in total. The minimum absolute atomic E-state index is 0. The number of likely N-dealkylation sites (tertiary alicyclic amines) is 1. The van der Waals surface area contributed by atoms with Crippen LogP contribution in [0, 0.1) is 35.3 Å². The summed E-state index contributed by atoms with van der Waals surface area (Å²) in [4.78, 5) is 18.6. The van der Waals surface area contributed by atoms with Crippen molar-refractivity contribution in [1.82, 2.24) is 9.88 Å². The Morgan fingerprint density at radius 2 is 2.03 bits per heavy atom. The summed E-state index contributed by atoms with van der Waals surface area (Å²) >= 11 is 0. The molecule has 2 aliphatic rings. The van der Waals surface area contributed by atoms with E-state index in [1.807, 2.05) is 0 Å². The number of nitrogens with zero attached hydrogens (tertiary/aromatic N) is 2. The van der Waals surface area contributed by atoms with Crippen LogP contribution < -0.4 is 5.32 Å². The summed E-state index contributed by atoms with van der Waals surface area (Å²) in [5.74, 6) is -1.10. The van der Waals surface area contributed by atoms with Crippen LogP contribution in [-0.4, -0.2) is 39.3 Å². The van der Waals surface area contributed by atoms with E-state index in [2.05, 4.69) is 17.2 Å². The molecule has 32 heavy (non-hydrogen) atoms. The van der Waals surface area contributed by atoms with Crippen molar-refractivity contribution in [2.75, 3.05) is 5.32 Å². The highest BCUT2D eigenvalue weighted by Gasteiger charge is 2.62. The quantitative estimate of drug-likeness (QED) is 0.440. The molecule has 2 aromatic rings. The molecule has 0 radical (unpaired) electrons. The van der Waals surface area contributed by atoms with E-state index in [1.165, 1.54) is 31.3 Å². The zero-order chi connectivity index (χ0) is 23.2. The van der Waals surface area contributed by atoms with Gasteiger partial charge in [0.25, 0.3) is 0 Å². The third-order valence-corrected chi connectivity index (χ3v) is 6.23. The molecule has 1 aromatic heterocycles. The Labute approximate surface area is 186 Å². The highest BCUT2D eigenvalue weighted by molar-refractivity contribution is 6.00. The van der Waals surface area contributed by atoms with Crippen LogP contribution in [0.3, 0.4) is 0 Å². The fraction of sp³-hybridized carbons (Fsp3) is 0.391. The van der Waals surface area contributed by atoms with Gasteiger partial charge in [-0.3, -0.25) is 15.8 Å². The van der Waals surface area contributed by atoms with Gasteiger partial charge in [0.15, 0.2) is 5.90 Å². The van der Waals surface area contributed by atoms with Gasteiger partial charge in [0.05, 0.1) is 11.9 Å². The van der Waals surface area contributed by atoms with Crippen molar-refractivity contribution in [1.29, 1.82) is 10.8 Å². The molecular formula is C23H27F2N5O2. The van der Waals surface area contributed by atoms with Gasteiger partial charge >= 0.3 is 6.03 Å². The molecule has 1 aromatic carbocycles. The predicted octanol–water partition coefficient (Wildman–Crippen LogP) is 5.35. The van der Waals surface area contributed by atoms with Gasteiger partial charge in [0.1, 0.15) is 17.2 Å². The topological polar surface area (TPSA) is 102 Å². The Morgan fingerprint density at radius 3 is 2.72 bits per heavy atom. The van der Waals surface area contributed by atoms with E-state index in [9.17, 15) is 13.6 Å². The third kappa shape index (κ3) is 3.72. The molecule has 9 heteroatoms. The monoisotopic (exact) mass is 443 g/mol. The van der Waals surface area contributed by atoms with Crippen molar-refractivity contribution >= 4 is 23.5 Å². The Bertz CT molecular complexity index is 1130. The number of nitrogens with one attached hydrogen (secondary N) is 3. The largest absolute Gasteiger partial charge is 0.428 e. The van der Waals surface area contributed by atoms with E-state index in [1.54, 1.807) is 11.8 Å². The molecule has 1 aliphatic carbocycles. The number of carbonyl (C=O) groups excluding carboxylic acids is 1. The summed E-state index contributed by atoms with van der Waals surface area (Å²) in [5, 5.41) is 18.6. The minimum atomic E-state index is -0.939. The lowest BCUT2D eigenvalue weighted by Crippen LogP contribution is -2.75. The first-order valence-corrected chi connectivity index (χ1v) is 10.4. The number of aryl methyl sites for hydroxylation is 1. The molecule has 2 fully saturated rings. The molecule has 3 unspecified atom stereocenters. The number of piperidine rings is 1. The SMILES string of the molecule is CC(=N)OC(=N)C12CC(C)CC(C1)N2C(=O)Nc1cc(-c2cncc(F)c2)c(C)cc1F.[HH]. The normalized spacial score (nSPS) is 23.8. The highest BCUT2D eigenvalue weighted by atomic mass is 19.1. The number of aromatic nitrogens is 1. The van der Waals surface area contributed by atoms with E-state index in [0.717, 1.165) is 12.6 Å². The summed E-state index contributed by atoms with van der Waals surface area (Å²) in [6.45, 7) is 5.19. The maximum absolute atomic E-state index is 14.7. The zero-order valence-electron chi connectivity index (χ0n) is 18.1. The number of urea groups is 1. The summed E-state index contributed by atoms with van der Waals surface area (Å²) in [5.41, 5.74) is 0.627. The first-order valence-electron chi connectivity index (χ1n) is 10.4. The second-order valence-corrected chi connectivity index (χ2v) is 8.76. The maximum Gasteiger partial charge on any atom is 0.323 e. The zero-order valence-corrected chi connectivity index (χ0v) is 18.1. The fourth-order valence-corrected chi connectivity index (χ4v) is 5.03. The van der Waals surface area contributed by atoms with Gasteiger partial charge in [-0.05, 0) is 55.0 Å². The number of hydrogen-bond donors (Lipinski definition) is 3. The van der Waals surface area contributed by atoms with Crippen molar-refractivity contribution in [2.24, 2.45) is 5.92 Å². The molecule has 0 spiro atoms. The second kappa shape index (κ2) is 7.96. The van der Waals surface area contributed by atoms with Gasteiger partial charge in [-0.1, -0.05) is 6.92 Å². The minimum Gasteiger partial charge on any atom is -0.428 e. The number of amides is 2. The number of hydrogen-bond acceptors (Lipinski definition) is 5. The first-order chi connectivity index (χ1) is 15.1. The third-order valence-electron chi connectivity index (χ3n) is 6.23. The van der Waals surface area contributed by atoms with Gasteiger partial charge in [0, 0.05) is 32.6 Å². The van der Waals surface area contributed by atoms with Gasteiger partial charge in [-0.25, -0.2) is 13.6 Å². The van der Waals surface area contributed by atoms with Gasteiger partial charge in [-0.15, -0.1) is 0 Å². The molecule has 2 amide bonds. The molecule has 170 valence electrons. The summed E-state index contributed by atoms with van der Waals surface area (Å²) < 4.78 is 33.6. The Morgan fingerprint density at radius 1 is 1.28 bits per heavy atom. The molecule has 1 saturated carbocycles. The van der Waals surface area contributed by atoms with Gasteiger partial charge < -0.3 is 15.0 Å². The lowest BCUT2D eigenvalue weighted by Gasteiger charge is -2.62. The second-order valence-electron chi connectivity index (χ2n) is 8.76. The summed E-state index contributed by atoms with van der Waals surface area (Å²) in [6.07, 6.45) is 4.46. The number of anilines is 1. The summed E-state index contributed by atoms with van der Waals surface area (Å²) in [6, 6.07) is 3.43. The molecule has 2 heterocycles. The van der Waals surface area contributed by atoms with Crippen molar-refractivity contribution in [3.05, 3.63) is 47.8 Å². The average molecular weight is 443 g/mol. The number of carbonyl (C=O) groups is 1. The van der Waals surface area contributed by atoms with Crippen LogP contribution in [0.1, 0.15) is 40.1 Å². The van der Waals surface area contributed by atoms with Crippen LogP contribution in [0.5, 0.6) is 0 Å². The molecule has 7 nitrogen and oxygen atoms in total. The lowest BCUT2D eigenvalue weighted by molar-refractivity contribution is -0.0539. The van der Waals surface area contributed by atoms with E-state index in [4.69, 9.17) is 15.6 Å². The van der Waals surface area contributed by atoms with E-state index >= 15 is 0 Å². The predicted molar refractivity (Wildman–Crippen MR) is 119 cm³/mol. The van der Waals surface area contributed by atoms with Crippen LogP contribution >= 0.6 is 0 Å². The van der Waals surface area contributed by atoms with Crippen LogP contribution in [0.2, 0.25) is 0 Å². The molecule has 1 saturated heterocycles. The van der Waals surface area contributed by atoms with E-state index in [0.29, 0.717) is 29.5 Å². The lowest BCUT2D eigenvalue weighted by atomic mass is 9.64. The smallest absolute Gasteiger partial charge is 0.323 e. The van der Waals surface area contributed by atoms with Crippen LogP contribution in [0.4, 0.5) is 19.3 Å². The van der Waals surface area contributed by atoms with Gasteiger partial charge in [-0.2, -0.15) is 0 Å². The van der Waals surface area contributed by atoms with E-state index in [-0.39, 0.29) is 30.9 Å². The van der Waals surface area contributed by atoms with Crippen molar-refractivity contribution in [3.63, 3.8) is 0 Å². The molecule has 4 rings (SSSR count). The van der Waals surface area contributed by atoms with E-state index < -0.39 is 23.2 Å². The number of pyridine rings is 1. The van der Waals surface area contributed by atoms with Crippen LogP contribution in [-0.2, 0) is 4.74 Å². The average Bonchev–Trinajstić information content (AvgIpc) is 2.68. The summed E-state index contributed by atoms with van der Waals surface area (Å²) in [7, 11) is 0. The van der Waals surface area contributed by atoms with Gasteiger partial charge in [0.2, 0.25) is 5.90 Å². The number of benzene rings is 1. The number of ether oxygens (including phenoxy) is 1. The van der Waals surface area contributed by atoms with Crippen molar-refractivity contribution < 1.29 is 19.7 Å². The van der Waals surface area contributed by atoms with Crippen LogP contribution in [0.15, 0.2) is 30.6 Å². The van der Waals surface area contributed by atoms with Crippen molar-refractivity contribution in [2.45, 2.75) is 51.6 Å². The Kier molecular flexibility index (Phi) is 5.44. The Balaban J connectivity index is 0.00000306. The first kappa shape index (κ1) is 21.9. The number of halogens is 2. The molecule has 1 aliphatic heterocycles. The number of rotatable bonds is 3. The number of fused-ring (bicyclic) bond motifs is 2.